The number of anilines is 1. The lowest BCUT2D eigenvalue weighted by Crippen LogP contribution is -2.28. The van der Waals surface area contributed by atoms with Gasteiger partial charge in [0.05, 0.1) is 5.56 Å². The van der Waals surface area contributed by atoms with Crippen molar-refractivity contribution in [2.45, 2.75) is 6.92 Å². The van der Waals surface area contributed by atoms with E-state index in [1.807, 2.05) is 0 Å². The Hall–Kier alpha value is -2.11. The van der Waals surface area contributed by atoms with Crippen LogP contribution < -0.4 is 11.1 Å². The lowest BCUT2D eigenvalue weighted by molar-refractivity contribution is -0.124. The van der Waals surface area contributed by atoms with Crippen LogP contribution in [0.25, 0.3) is 0 Å². The Balaban J connectivity index is 2.64. The normalized spacial score (nSPS) is 9.76. The Bertz CT molecular complexity index is 435. The highest BCUT2D eigenvalue weighted by atomic mass is 19.1. The van der Waals surface area contributed by atoms with Gasteiger partial charge in [0, 0.05) is 12.2 Å². The van der Waals surface area contributed by atoms with Crippen molar-refractivity contribution >= 4 is 17.6 Å². The molecule has 1 aromatic rings. The predicted octanol–water partition coefficient (Wildman–Crippen LogP) is 0.701. The molecule has 0 unspecified atom stereocenters. The second-order valence-electron chi connectivity index (χ2n) is 3.27. The molecule has 17 heavy (non-hydrogen) atoms. The highest BCUT2D eigenvalue weighted by Crippen LogP contribution is 2.12. The van der Waals surface area contributed by atoms with Gasteiger partial charge in [-0.3, -0.25) is 4.79 Å². The van der Waals surface area contributed by atoms with E-state index in [0.717, 1.165) is 12.1 Å². The van der Waals surface area contributed by atoms with E-state index in [1.54, 1.807) is 6.92 Å². The van der Waals surface area contributed by atoms with Crippen molar-refractivity contribution in [2.24, 2.45) is 0 Å². The maximum atomic E-state index is 13.2. The van der Waals surface area contributed by atoms with Crippen LogP contribution in [0.1, 0.15) is 17.3 Å². The molecule has 0 aliphatic heterocycles. The lowest BCUT2D eigenvalue weighted by atomic mass is 10.2. The number of rotatable bonds is 4. The van der Waals surface area contributed by atoms with Gasteiger partial charge < -0.3 is 15.8 Å². The minimum Gasteiger partial charge on any atom is -0.452 e. The van der Waals surface area contributed by atoms with E-state index < -0.39 is 24.3 Å². The van der Waals surface area contributed by atoms with E-state index in [0.29, 0.717) is 6.54 Å². The lowest BCUT2D eigenvalue weighted by Gasteiger charge is -2.06. The Morgan fingerprint density at radius 3 is 2.82 bits per heavy atom. The number of nitrogens with one attached hydrogen (secondary N) is 1. The summed E-state index contributed by atoms with van der Waals surface area (Å²) >= 11 is 0. The van der Waals surface area contributed by atoms with Gasteiger partial charge in [0.15, 0.2) is 6.61 Å². The molecule has 0 saturated carbocycles. The number of carbonyl (C=O) groups is 2. The summed E-state index contributed by atoms with van der Waals surface area (Å²) in [5.74, 6) is -2.09. The molecule has 0 aliphatic rings. The molecule has 1 amide bonds. The minimum atomic E-state index is -0.916. The van der Waals surface area contributed by atoms with E-state index in [9.17, 15) is 14.0 Å². The van der Waals surface area contributed by atoms with Gasteiger partial charge in [0.1, 0.15) is 5.82 Å². The maximum Gasteiger partial charge on any atom is 0.341 e. The van der Waals surface area contributed by atoms with Crippen LogP contribution in [0, 0.1) is 5.82 Å². The van der Waals surface area contributed by atoms with Crippen LogP contribution in [-0.4, -0.2) is 25.0 Å². The molecule has 0 radical (unpaired) electrons. The number of amides is 1. The number of halogens is 1. The highest BCUT2D eigenvalue weighted by molar-refractivity contribution is 5.92. The second-order valence-corrected chi connectivity index (χ2v) is 3.27. The van der Waals surface area contributed by atoms with Gasteiger partial charge in [0.25, 0.3) is 5.91 Å². The SMILES string of the molecule is CCNC(=O)COC(=O)c1cc(N)ccc1F. The van der Waals surface area contributed by atoms with Crippen molar-refractivity contribution in [2.75, 3.05) is 18.9 Å². The third kappa shape index (κ3) is 3.75. The van der Waals surface area contributed by atoms with Crippen LogP contribution >= 0.6 is 0 Å². The second kappa shape index (κ2) is 5.83. The molecule has 0 atom stereocenters. The molecule has 0 aliphatic carbocycles. The van der Waals surface area contributed by atoms with Gasteiger partial charge in [-0.15, -0.1) is 0 Å². The number of carbonyl (C=O) groups excluding carboxylic acids is 2. The van der Waals surface area contributed by atoms with Gasteiger partial charge >= 0.3 is 5.97 Å². The van der Waals surface area contributed by atoms with Gasteiger partial charge in [-0.1, -0.05) is 0 Å². The van der Waals surface area contributed by atoms with Crippen LogP contribution in [0.4, 0.5) is 10.1 Å². The first-order valence-electron chi connectivity index (χ1n) is 5.03. The van der Waals surface area contributed by atoms with Crippen molar-refractivity contribution in [1.29, 1.82) is 0 Å². The summed E-state index contributed by atoms with van der Waals surface area (Å²) in [6, 6.07) is 3.56. The van der Waals surface area contributed by atoms with Gasteiger partial charge in [-0.2, -0.15) is 0 Å². The molecule has 0 heterocycles. The van der Waals surface area contributed by atoms with E-state index in [-0.39, 0.29) is 11.3 Å². The summed E-state index contributed by atoms with van der Waals surface area (Å²) in [6.07, 6.45) is 0. The molecule has 1 aromatic carbocycles. The Labute approximate surface area is 97.7 Å². The number of nitrogen functional groups attached to an aromatic ring is 1. The third-order valence-corrected chi connectivity index (χ3v) is 1.92. The molecule has 1 rings (SSSR count). The van der Waals surface area contributed by atoms with Gasteiger partial charge in [-0.05, 0) is 25.1 Å². The summed E-state index contributed by atoms with van der Waals surface area (Å²) in [6.45, 7) is 1.72. The molecule has 0 spiro atoms. The average molecular weight is 240 g/mol. The minimum absolute atomic E-state index is 0.247. The fourth-order valence-corrected chi connectivity index (χ4v) is 1.16. The standard InChI is InChI=1S/C11H13FN2O3/c1-2-14-10(15)6-17-11(16)8-5-7(13)3-4-9(8)12/h3-5H,2,6,13H2,1H3,(H,14,15). The summed E-state index contributed by atoms with van der Waals surface area (Å²) in [4.78, 5) is 22.5. The summed E-state index contributed by atoms with van der Waals surface area (Å²) < 4.78 is 17.9. The summed E-state index contributed by atoms with van der Waals surface area (Å²) in [5, 5.41) is 2.44. The molecular weight excluding hydrogens is 227 g/mol. The number of nitrogens with two attached hydrogens (primary N) is 1. The summed E-state index contributed by atoms with van der Waals surface area (Å²) in [7, 11) is 0. The van der Waals surface area contributed by atoms with Crippen molar-refractivity contribution in [3.8, 4) is 0 Å². The van der Waals surface area contributed by atoms with Crippen LogP contribution in [-0.2, 0) is 9.53 Å². The van der Waals surface area contributed by atoms with E-state index >= 15 is 0 Å². The Kier molecular flexibility index (Phi) is 4.45. The number of benzene rings is 1. The molecule has 0 aromatic heterocycles. The van der Waals surface area contributed by atoms with Gasteiger partial charge in [0.2, 0.25) is 0 Å². The van der Waals surface area contributed by atoms with E-state index in [1.165, 1.54) is 6.07 Å². The number of esters is 1. The fraction of sp³-hybridized carbons (Fsp3) is 0.273. The zero-order chi connectivity index (χ0) is 12.8. The molecule has 6 heteroatoms. The Morgan fingerprint density at radius 2 is 2.18 bits per heavy atom. The number of hydrogen-bond donors (Lipinski definition) is 2. The van der Waals surface area contributed by atoms with E-state index in [4.69, 9.17) is 5.73 Å². The highest BCUT2D eigenvalue weighted by Gasteiger charge is 2.14. The molecule has 5 nitrogen and oxygen atoms in total. The average Bonchev–Trinajstić information content (AvgIpc) is 2.29. The van der Waals surface area contributed by atoms with Crippen molar-refractivity contribution in [3.63, 3.8) is 0 Å². The topological polar surface area (TPSA) is 81.4 Å². The van der Waals surface area contributed by atoms with Crippen molar-refractivity contribution in [3.05, 3.63) is 29.6 Å². The van der Waals surface area contributed by atoms with Crippen LogP contribution in [0.2, 0.25) is 0 Å². The number of ether oxygens (including phenoxy) is 1. The first-order valence-corrected chi connectivity index (χ1v) is 5.03. The van der Waals surface area contributed by atoms with Gasteiger partial charge in [-0.25, -0.2) is 9.18 Å². The zero-order valence-electron chi connectivity index (χ0n) is 9.33. The molecule has 0 fully saturated rings. The molecular formula is C11H13FN2O3. The quantitative estimate of drug-likeness (QED) is 0.599. The zero-order valence-corrected chi connectivity index (χ0v) is 9.33. The van der Waals surface area contributed by atoms with E-state index in [2.05, 4.69) is 10.1 Å². The maximum absolute atomic E-state index is 13.2. The summed E-state index contributed by atoms with van der Waals surface area (Å²) in [5.41, 5.74) is 5.38. The van der Waals surface area contributed by atoms with Crippen LogP contribution in [0.15, 0.2) is 18.2 Å². The first kappa shape index (κ1) is 13.0. The predicted molar refractivity (Wildman–Crippen MR) is 59.8 cm³/mol. The van der Waals surface area contributed by atoms with Crippen molar-refractivity contribution < 1.29 is 18.7 Å². The monoisotopic (exact) mass is 240 g/mol. The Morgan fingerprint density at radius 1 is 1.47 bits per heavy atom. The number of likely N-dealkylation sites (N-methyl/N-ethyl adjacent to an activating group) is 1. The molecule has 0 bridgehead atoms. The van der Waals surface area contributed by atoms with Crippen LogP contribution in [0.5, 0.6) is 0 Å². The van der Waals surface area contributed by atoms with Crippen LogP contribution in [0.3, 0.4) is 0 Å². The third-order valence-electron chi connectivity index (χ3n) is 1.92. The van der Waals surface area contributed by atoms with Crippen molar-refractivity contribution in [1.82, 2.24) is 5.32 Å². The molecule has 3 N–H and O–H groups in total. The molecule has 92 valence electrons. The largest absolute Gasteiger partial charge is 0.452 e. The molecule has 0 saturated heterocycles. The fourth-order valence-electron chi connectivity index (χ4n) is 1.16. The first-order chi connectivity index (χ1) is 8.04. The number of hydrogen-bond acceptors (Lipinski definition) is 4. The smallest absolute Gasteiger partial charge is 0.341 e.